The van der Waals surface area contributed by atoms with Crippen molar-refractivity contribution in [2.45, 2.75) is 12.8 Å². The number of hydrogen-bond donors (Lipinski definition) is 2. The molecule has 0 aliphatic carbocycles. The zero-order valence-electron chi connectivity index (χ0n) is 10.0. The van der Waals surface area contributed by atoms with E-state index >= 15 is 0 Å². The van der Waals surface area contributed by atoms with E-state index in [0.29, 0.717) is 0 Å². The van der Waals surface area contributed by atoms with Gasteiger partial charge in [-0.2, -0.15) is 10.4 Å². The minimum atomic E-state index is 0.823. The van der Waals surface area contributed by atoms with Crippen LogP contribution < -0.4 is 5.32 Å². The van der Waals surface area contributed by atoms with Crippen LogP contribution >= 0.6 is 0 Å². The van der Waals surface area contributed by atoms with Crippen LogP contribution in [-0.4, -0.2) is 23.3 Å². The van der Waals surface area contributed by atoms with Crippen LogP contribution in [0.15, 0.2) is 30.0 Å². The average Bonchev–Trinajstić information content (AvgIpc) is 2.90. The van der Waals surface area contributed by atoms with Gasteiger partial charge in [-0.05, 0) is 37.6 Å². The van der Waals surface area contributed by atoms with E-state index in [9.17, 15) is 5.26 Å². The van der Waals surface area contributed by atoms with Gasteiger partial charge in [0.05, 0.1) is 23.4 Å². The Kier molecular flexibility index (Phi) is 2.83. The van der Waals surface area contributed by atoms with Crippen molar-refractivity contribution >= 4 is 16.5 Å². The second kappa shape index (κ2) is 4.63. The van der Waals surface area contributed by atoms with Crippen LogP contribution in [0, 0.1) is 11.3 Å². The molecule has 3 rings (SSSR count). The molecular weight excluding hydrogens is 224 g/mol. The first-order valence-electron chi connectivity index (χ1n) is 6.15. The van der Waals surface area contributed by atoms with Gasteiger partial charge in [-0.3, -0.25) is 5.10 Å². The van der Waals surface area contributed by atoms with E-state index in [1.165, 1.54) is 5.57 Å². The minimum absolute atomic E-state index is 0.823. The summed E-state index contributed by atoms with van der Waals surface area (Å²) >= 11 is 0. The van der Waals surface area contributed by atoms with Gasteiger partial charge in [0.1, 0.15) is 0 Å². The molecule has 1 saturated heterocycles. The lowest BCUT2D eigenvalue weighted by Crippen LogP contribution is -2.23. The van der Waals surface area contributed by atoms with Gasteiger partial charge in [0.2, 0.25) is 0 Å². The number of nitrogens with zero attached hydrogens (tertiary/aromatic N) is 2. The largest absolute Gasteiger partial charge is 0.316 e. The Bertz CT molecular complexity index is 637. The Hall–Kier alpha value is -2.12. The predicted octanol–water partition coefficient (Wildman–Crippen LogP) is 2.22. The average molecular weight is 238 g/mol. The quantitative estimate of drug-likeness (QED) is 0.749. The van der Waals surface area contributed by atoms with Crippen LogP contribution in [-0.2, 0) is 0 Å². The van der Waals surface area contributed by atoms with E-state index < -0.39 is 0 Å². The molecule has 0 bridgehead atoms. The van der Waals surface area contributed by atoms with Crippen LogP contribution in [0.2, 0.25) is 0 Å². The molecule has 0 spiro atoms. The van der Waals surface area contributed by atoms with E-state index in [0.717, 1.165) is 48.0 Å². The van der Waals surface area contributed by atoms with Crippen molar-refractivity contribution < 1.29 is 0 Å². The lowest BCUT2D eigenvalue weighted by molar-refractivity contribution is 0.612. The fraction of sp³-hybridized carbons (Fsp3) is 0.286. The van der Waals surface area contributed by atoms with E-state index in [1.807, 2.05) is 18.2 Å². The van der Waals surface area contributed by atoms with E-state index in [2.05, 4.69) is 21.6 Å². The first-order chi connectivity index (χ1) is 8.90. The molecule has 0 atom stereocenters. The molecule has 2 heterocycles. The molecule has 1 aliphatic heterocycles. The van der Waals surface area contributed by atoms with Gasteiger partial charge in [-0.15, -0.1) is 0 Å². The minimum Gasteiger partial charge on any atom is -0.316 e. The molecule has 0 radical (unpaired) electrons. The molecule has 0 unspecified atom stereocenters. The SMILES string of the molecule is N#CC(=C1CCNCC1)c1cccc2[nH]ncc12. The fourth-order valence-corrected chi connectivity index (χ4v) is 2.49. The highest BCUT2D eigenvalue weighted by molar-refractivity contribution is 5.96. The molecule has 0 saturated carbocycles. The Morgan fingerprint density at radius 2 is 2.11 bits per heavy atom. The number of hydrogen-bond acceptors (Lipinski definition) is 3. The van der Waals surface area contributed by atoms with Gasteiger partial charge in [0.15, 0.2) is 0 Å². The second-order valence-corrected chi connectivity index (χ2v) is 4.48. The molecule has 2 aromatic rings. The molecule has 0 amide bonds. The van der Waals surface area contributed by atoms with Gasteiger partial charge < -0.3 is 5.32 Å². The van der Waals surface area contributed by atoms with E-state index in [1.54, 1.807) is 6.20 Å². The smallest absolute Gasteiger partial charge is 0.0997 e. The van der Waals surface area contributed by atoms with E-state index in [4.69, 9.17) is 0 Å². The number of nitrogens with one attached hydrogen (secondary N) is 2. The van der Waals surface area contributed by atoms with Gasteiger partial charge >= 0.3 is 0 Å². The predicted molar refractivity (Wildman–Crippen MR) is 70.7 cm³/mol. The Morgan fingerprint density at radius 3 is 2.89 bits per heavy atom. The number of benzene rings is 1. The van der Waals surface area contributed by atoms with Crippen LogP contribution in [0.5, 0.6) is 0 Å². The zero-order chi connectivity index (χ0) is 12.4. The van der Waals surface area contributed by atoms with Crippen molar-refractivity contribution in [3.05, 3.63) is 35.5 Å². The lowest BCUT2D eigenvalue weighted by Gasteiger charge is -2.17. The van der Waals surface area contributed by atoms with Gasteiger partial charge in [0, 0.05) is 10.9 Å². The Morgan fingerprint density at radius 1 is 1.28 bits per heavy atom. The topological polar surface area (TPSA) is 64.5 Å². The highest BCUT2D eigenvalue weighted by Gasteiger charge is 2.14. The number of piperidine rings is 1. The summed E-state index contributed by atoms with van der Waals surface area (Å²) in [7, 11) is 0. The third kappa shape index (κ3) is 1.79. The number of aromatic amines is 1. The standard InChI is InChI=1S/C14H14N4/c15-8-12(10-4-6-16-7-5-10)11-2-1-3-14-13(11)9-17-18-14/h1-3,9,16H,4-7H2,(H,17,18). The molecule has 1 aromatic heterocycles. The molecule has 1 aliphatic rings. The number of aromatic nitrogens is 2. The number of H-pyrrole nitrogens is 1. The summed E-state index contributed by atoms with van der Waals surface area (Å²) in [6.45, 7) is 1.92. The third-order valence-corrected chi connectivity index (χ3v) is 3.43. The number of fused-ring (bicyclic) bond motifs is 1. The van der Waals surface area contributed by atoms with Gasteiger partial charge in [-0.1, -0.05) is 12.1 Å². The highest BCUT2D eigenvalue weighted by Crippen LogP contribution is 2.28. The molecular formula is C14H14N4. The summed E-state index contributed by atoms with van der Waals surface area (Å²) in [5.41, 5.74) is 4.06. The summed E-state index contributed by atoms with van der Waals surface area (Å²) in [5, 5.41) is 20.8. The number of nitriles is 1. The van der Waals surface area contributed by atoms with Crippen LogP contribution in [0.4, 0.5) is 0 Å². The summed E-state index contributed by atoms with van der Waals surface area (Å²) in [6.07, 6.45) is 3.71. The maximum atomic E-state index is 9.47. The molecule has 18 heavy (non-hydrogen) atoms. The second-order valence-electron chi connectivity index (χ2n) is 4.48. The molecule has 1 aromatic carbocycles. The molecule has 4 heteroatoms. The molecule has 1 fully saturated rings. The van der Waals surface area contributed by atoms with Gasteiger partial charge in [0.25, 0.3) is 0 Å². The van der Waals surface area contributed by atoms with Crippen molar-refractivity contribution in [2.24, 2.45) is 0 Å². The molecule has 90 valence electrons. The molecule has 4 nitrogen and oxygen atoms in total. The first-order valence-corrected chi connectivity index (χ1v) is 6.15. The summed E-state index contributed by atoms with van der Waals surface area (Å²) in [6, 6.07) is 8.33. The first kappa shape index (κ1) is 11.0. The van der Waals surface area contributed by atoms with Gasteiger partial charge in [-0.25, -0.2) is 0 Å². The van der Waals surface area contributed by atoms with Crippen molar-refractivity contribution in [2.75, 3.05) is 13.1 Å². The highest BCUT2D eigenvalue weighted by atomic mass is 15.1. The molecule has 2 N–H and O–H groups in total. The van der Waals surface area contributed by atoms with Crippen LogP contribution in [0.25, 0.3) is 16.5 Å². The Labute approximate surface area is 105 Å². The maximum absolute atomic E-state index is 9.47. The lowest BCUT2D eigenvalue weighted by atomic mass is 9.93. The monoisotopic (exact) mass is 238 g/mol. The van der Waals surface area contributed by atoms with Crippen molar-refractivity contribution in [3.8, 4) is 6.07 Å². The number of rotatable bonds is 1. The van der Waals surface area contributed by atoms with Crippen LogP contribution in [0.3, 0.4) is 0 Å². The Balaban J connectivity index is 2.17. The van der Waals surface area contributed by atoms with Crippen molar-refractivity contribution in [3.63, 3.8) is 0 Å². The summed E-state index contributed by atoms with van der Waals surface area (Å²) < 4.78 is 0. The third-order valence-electron chi connectivity index (χ3n) is 3.43. The number of allylic oxidation sites excluding steroid dienone is 1. The van der Waals surface area contributed by atoms with Crippen molar-refractivity contribution in [1.29, 1.82) is 5.26 Å². The summed E-state index contributed by atoms with van der Waals surface area (Å²) in [4.78, 5) is 0. The van der Waals surface area contributed by atoms with E-state index in [-0.39, 0.29) is 0 Å². The van der Waals surface area contributed by atoms with Crippen LogP contribution in [0.1, 0.15) is 18.4 Å². The summed E-state index contributed by atoms with van der Waals surface area (Å²) in [5.74, 6) is 0. The fourth-order valence-electron chi connectivity index (χ4n) is 2.49. The van der Waals surface area contributed by atoms with Crippen molar-refractivity contribution in [1.82, 2.24) is 15.5 Å². The zero-order valence-corrected chi connectivity index (χ0v) is 10.0. The maximum Gasteiger partial charge on any atom is 0.0997 e. The normalized spacial score (nSPS) is 15.6.